The standard InChI is InChI=1S/C13H14FN3OS/c1-8(18)17-10-3-4-12(14)13(5-10)16-7-11-6-15-9(2)19-11/h3-6,16H,7H2,1-2H3,(H,17,18). The predicted molar refractivity (Wildman–Crippen MR) is 74.9 cm³/mol. The average molecular weight is 279 g/mol. The third-order valence-corrected chi connectivity index (χ3v) is 3.32. The van der Waals surface area contributed by atoms with Gasteiger partial charge in [0.25, 0.3) is 0 Å². The number of halogens is 1. The van der Waals surface area contributed by atoms with Crippen molar-refractivity contribution in [1.29, 1.82) is 0 Å². The number of amides is 1. The molecule has 0 saturated heterocycles. The smallest absolute Gasteiger partial charge is 0.221 e. The van der Waals surface area contributed by atoms with Gasteiger partial charge in [0, 0.05) is 23.7 Å². The Kier molecular flexibility index (Phi) is 4.11. The second-order valence-electron chi connectivity index (χ2n) is 4.07. The van der Waals surface area contributed by atoms with E-state index in [2.05, 4.69) is 15.6 Å². The highest BCUT2D eigenvalue weighted by molar-refractivity contribution is 7.11. The van der Waals surface area contributed by atoms with Crippen molar-refractivity contribution in [1.82, 2.24) is 4.98 Å². The summed E-state index contributed by atoms with van der Waals surface area (Å²) in [5, 5.41) is 6.60. The third-order valence-electron chi connectivity index (χ3n) is 2.41. The molecule has 0 aliphatic carbocycles. The van der Waals surface area contributed by atoms with Crippen molar-refractivity contribution in [2.24, 2.45) is 0 Å². The lowest BCUT2D eigenvalue weighted by molar-refractivity contribution is -0.114. The van der Waals surface area contributed by atoms with Gasteiger partial charge in [0.2, 0.25) is 5.91 Å². The van der Waals surface area contributed by atoms with E-state index in [1.165, 1.54) is 19.1 Å². The first-order chi connectivity index (χ1) is 9.04. The van der Waals surface area contributed by atoms with E-state index in [1.807, 2.05) is 6.92 Å². The van der Waals surface area contributed by atoms with Gasteiger partial charge in [-0.2, -0.15) is 0 Å². The van der Waals surface area contributed by atoms with Crippen molar-refractivity contribution in [3.05, 3.63) is 40.1 Å². The maximum absolute atomic E-state index is 13.6. The number of carbonyl (C=O) groups excluding carboxylic acids is 1. The summed E-state index contributed by atoms with van der Waals surface area (Å²) in [6, 6.07) is 4.43. The first kappa shape index (κ1) is 13.5. The van der Waals surface area contributed by atoms with Crippen molar-refractivity contribution in [2.45, 2.75) is 20.4 Å². The summed E-state index contributed by atoms with van der Waals surface area (Å²) in [7, 11) is 0. The first-order valence-corrected chi connectivity index (χ1v) is 6.58. The van der Waals surface area contributed by atoms with Gasteiger partial charge >= 0.3 is 0 Å². The van der Waals surface area contributed by atoms with Crippen molar-refractivity contribution >= 4 is 28.6 Å². The topological polar surface area (TPSA) is 54.0 Å². The number of rotatable bonds is 4. The molecule has 0 radical (unpaired) electrons. The summed E-state index contributed by atoms with van der Waals surface area (Å²) < 4.78 is 13.6. The molecule has 100 valence electrons. The minimum Gasteiger partial charge on any atom is -0.378 e. The van der Waals surface area contributed by atoms with Gasteiger partial charge in [-0.3, -0.25) is 4.79 Å². The molecule has 6 heteroatoms. The first-order valence-electron chi connectivity index (χ1n) is 5.77. The monoisotopic (exact) mass is 279 g/mol. The molecule has 1 aromatic carbocycles. The maximum Gasteiger partial charge on any atom is 0.221 e. The number of aryl methyl sites for hydroxylation is 1. The summed E-state index contributed by atoms with van der Waals surface area (Å²) in [6.45, 7) is 3.84. The molecule has 0 bridgehead atoms. The van der Waals surface area contributed by atoms with Gasteiger partial charge in [0.15, 0.2) is 0 Å². The molecule has 0 aliphatic heterocycles. The zero-order chi connectivity index (χ0) is 13.8. The Hall–Kier alpha value is -1.95. The quantitative estimate of drug-likeness (QED) is 0.904. The molecule has 0 aliphatic rings. The van der Waals surface area contributed by atoms with Crippen molar-refractivity contribution in [2.75, 3.05) is 10.6 Å². The summed E-state index contributed by atoms with van der Waals surface area (Å²) in [5.74, 6) is -0.536. The zero-order valence-corrected chi connectivity index (χ0v) is 11.5. The number of benzene rings is 1. The number of hydrogen-bond acceptors (Lipinski definition) is 4. The summed E-state index contributed by atoms with van der Waals surface area (Å²) in [5.41, 5.74) is 0.925. The minimum atomic E-state index is -0.352. The Bertz CT molecular complexity index is 597. The second kappa shape index (κ2) is 5.79. The van der Waals surface area contributed by atoms with Crippen LogP contribution in [-0.2, 0) is 11.3 Å². The van der Waals surface area contributed by atoms with Gasteiger partial charge in [-0.05, 0) is 25.1 Å². The summed E-state index contributed by atoms with van der Waals surface area (Å²) in [4.78, 5) is 16.1. The number of aromatic nitrogens is 1. The lowest BCUT2D eigenvalue weighted by Gasteiger charge is -2.09. The molecule has 0 atom stereocenters. The highest BCUT2D eigenvalue weighted by Gasteiger charge is 2.05. The molecule has 0 spiro atoms. The van der Waals surface area contributed by atoms with Crippen LogP contribution in [0.25, 0.3) is 0 Å². The second-order valence-corrected chi connectivity index (χ2v) is 5.39. The van der Waals surface area contributed by atoms with Crippen molar-refractivity contribution in [3.63, 3.8) is 0 Å². The molecule has 1 aromatic heterocycles. The van der Waals surface area contributed by atoms with Crippen LogP contribution in [0.15, 0.2) is 24.4 Å². The minimum absolute atomic E-state index is 0.185. The van der Waals surface area contributed by atoms with Crippen LogP contribution in [0.1, 0.15) is 16.8 Å². The Labute approximate surface area is 114 Å². The molecular formula is C13H14FN3OS. The molecule has 1 amide bonds. The summed E-state index contributed by atoms with van der Waals surface area (Å²) >= 11 is 1.56. The van der Waals surface area contributed by atoms with Crippen LogP contribution in [0.5, 0.6) is 0 Å². The van der Waals surface area contributed by atoms with Gasteiger partial charge in [0.1, 0.15) is 5.82 Å². The van der Waals surface area contributed by atoms with Crippen molar-refractivity contribution < 1.29 is 9.18 Å². The Morgan fingerprint density at radius 3 is 2.89 bits per heavy atom. The van der Waals surface area contributed by atoms with E-state index in [0.29, 0.717) is 17.9 Å². The fraction of sp³-hybridized carbons (Fsp3) is 0.231. The SMILES string of the molecule is CC(=O)Nc1ccc(F)c(NCc2cnc(C)s2)c1. The maximum atomic E-state index is 13.6. The molecule has 0 unspecified atom stereocenters. The number of nitrogens with one attached hydrogen (secondary N) is 2. The van der Waals surface area contributed by atoms with Crippen LogP contribution in [-0.4, -0.2) is 10.9 Å². The average Bonchev–Trinajstić information content (AvgIpc) is 2.75. The van der Waals surface area contributed by atoms with Gasteiger partial charge in [-0.1, -0.05) is 0 Å². The Balaban J connectivity index is 2.08. The lowest BCUT2D eigenvalue weighted by atomic mass is 10.2. The molecule has 1 heterocycles. The molecular weight excluding hydrogens is 265 g/mol. The van der Waals surface area contributed by atoms with Gasteiger partial charge in [0.05, 0.1) is 17.2 Å². The van der Waals surface area contributed by atoms with E-state index in [-0.39, 0.29) is 11.7 Å². The van der Waals surface area contributed by atoms with E-state index < -0.39 is 0 Å². The zero-order valence-electron chi connectivity index (χ0n) is 10.7. The summed E-state index contributed by atoms with van der Waals surface area (Å²) in [6.07, 6.45) is 1.77. The van der Waals surface area contributed by atoms with Gasteiger partial charge in [-0.25, -0.2) is 9.37 Å². The molecule has 2 aromatic rings. The van der Waals surface area contributed by atoms with Gasteiger partial charge < -0.3 is 10.6 Å². The third kappa shape index (κ3) is 3.75. The van der Waals surface area contributed by atoms with Crippen LogP contribution in [0.4, 0.5) is 15.8 Å². The van der Waals surface area contributed by atoms with Crippen LogP contribution in [0.3, 0.4) is 0 Å². The van der Waals surface area contributed by atoms with Crippen LogP contribution in [0.2, 0.25) is 0 Å². The van der Waals surface area contributed by atoms with E-state index in [9.17, 15) is 9.18 Å². The Morgan fingerprint density at radius 2 is 2.26 bits per heavy atom. The number of carbonyl (C=O) groups is 1. The van der Waals surface area contributed by atoms with E-state index in [1.54, 1.807) is 23.6 Å². The molecule has 2 N–H and O–H groups in total. The van der Waals surface area contributed by atoms with E-state index in [0.717, 1.165) is 9.88 Å². The number of anilines is 2. The molecule has 0 fully saturated rings. The normalized spacial score (nSPS) is 10.3. The number of hydrogen-bond donors (Lipinski definition) is 2. The predicted octanol–water partition coefficient (Wildman–Crippen LogP) is 3.16. The highest BCUT2D eigenvalue weighted by Crippen LogP contribution is 2.21. The highest BCUT2D eigenvalue weighted by atomic mass is 32.1. The van der Waals surface area contributed by atoms with Crippen LogP contribution < -0.4 is 10.6 Å². The molecule has 19 heavy (non-hydrogen) atoms. The molecule has 0 saturated carbocycles. The lowest BCUT2D eigenvalue weighted by Crippen LogP contribution is -2.07. The fourth-order valence-electron chi connectivity index (χ4n) is 1.61. The van der Waals surface area contributed by atoms with Crippen molar-refractivity contribution in [3.8, 4) is 0 Å². The number of nitrogens with zero attached hydrogens (tertiary/aromatic N) is 1. The van der Waals surface area contributed by atoms with Crippen LogP contribution in [0, 0.1) is 12.7 Å². The molecule has 2 rings (SSSR count). The Morgan fingerprint density at radius 1 is 1.47 bits per heavy atom. The largest absolute Gasteiger partial charge is 0.378 e. The van der Waals surface area contributed by atoms with Gasteiger partial charge in [-0.15, -0.1) is 11.3 Å². The van der Waals surface area contributed by atoms with E-state index in [4.69, 9.17) is 0 Å². The molecule has 4 nitrogen and oxygen atoms in total. The van der Waals surface area contributed by atoms with Crippen LogP contribution >= 0.6 is 11.3 Å². The van der Waals surface area contributed by atoms with E-state index >= 15 is 0 Å². The fourth-order valence-corrected chi connectivity index (χ4v) is 2.35. The number of thiazole rings is 1.